The highest BCUT2D eigenvalue weighted by molar-refractivity contribution is 6.16. The van der Waals surface area contributed by atoms with E-state index in [2.05, 4.69) is 20.6 Å². The number of halogens is 12. The van der Waals surface area contributed by atoms with Crippen LogP contribution in [0.1, 0.15) is 22.3 Å². The highest BCUT2D eigenvalue weighted by Crippen LogP contribution is 2.45. The molecule has 0 aliphatic carbocycles. The minimum atomic E-state index is -5.20. The van der Waals surface area contributed by atoms with Gasteiger partial charge >= 0.3 is 24.7 Å². The number of rotatable bonds is 5. The van der Waals surface area contributed by atoms with Crippen molar-refractivity contribution in [3.63, 3.8) is 0 Å². The van der Waals surface area contributed by atoms with Crippen LogP contribution in [0.25, 0.3) is 32.7 Å². The van der Waals surface area contributed by atoms with Crippen molar-refractivity contribution < 1.29 is 62.9 Å². The minimum absolute atomic E-state index is 0.0310. The normalized spacial score (nSPS) is 13.4. The number of aliphatic hydroxyl groups excluding tert-OH is 2. The number of aliphatic imine (C=N–C) groups is 2. The predicted octanol–water partition coefficient (Wildman–Crippen LogP) is 13.1. The van der Waals surface area contributed by atoms with Crippen LogP contribution in [0.4, 0.5) is 75.4 Å². The van der Waals surface area contributed by atoms with E-state index in [9.17, 15) is 62.9 Å². The fraction of sp³-hybridized carbons (Fsp3) is 0.105. The van der Waals surface area contributed by atoms with Crippen LogP contribution in [0.3, 0.4) is 0 Å². The molecule has 4 N–H and O–H groups in total. The fourth-order valence-corrected chi connectivity index (χ4v) is 5.84. The maximum atomic E-state index is 13.5. The van der Waals surface area contributed by atoms with E-state index in [1.807, 2.05) is 0 Å². The lowest BCUT2D eigenvalue weighted by Crippen LogP contribution is -2.14. The van der Waals surface area contributed by atoms with Crippen molar-refractivity contribution >= 4 is 56.3 Å². The van der Waals surface area contributed by atoms with Crippen molar-refractivity contribution in [3.05, 3.63) is 131 Å². The van der Waals surface area contributed by atoms with Gasteiger partial charge in [0.15, 0.2) is 0 Å². The van der Waals surface area contributed by atoms with Crippen molar-refractivity contribution in [1.82, 2.24) is 0 Å². The lowest BCUT2D eigenvalue weighted by Gasteiger charge is -2.20. The van der Waals surface area contributed by atoms with Gasteiger partial charge in [-0.25, -0.2) is 0 Å². The van der Waals surface area contributed by atoms with E-state index >= 15 is 0 Å². The molecule has 0 atom stereocenters. The second-order valence-corrected chi connectivity index (χ2v) is 12.1. The number of benzene rings is 6. The van der Waals surface area contributed by atoms with Crippen LogP contribution < -0.4 is 10.6 Å². The first-order chi connectivity index (χ1) is 26.1. The van der Waals surface area contributed by atoms with E-state index in [1.165, 1.54) is 12.1 Å². The molecule has 56 heavy (non-hydrogen) atoms. The Balaban J connectivity index is 1.51. The molecule has 290 valence electrons. The second kappa shape index (κ2) is 14.3. The molecule has 0 aliphatic rings. The van der Waals surface area contributed by atoms with Crippen LogP contribution in [0.15, 0.2) is 119 Å². The molecule has 0 fully saturated rings. The number of anilines is 2. The first-order valence-corrected chi connectivity index (χ1v) is 15.8. The van der Waals surface area contributed by atoms with Crippen LogP contribution in [0.2, 0.25) is 0 Å². The van der Waals surface area contributed by atoms with Gasteiger partial charge in [0.25, 0.3) is 12.0 Å². The zero-order chi connectivity index (χ0) is 40.8. The standard InChI is InChI=1S/C38H22F12N4O2/c39-35(40,41)21-13-22(36(42,43)44)16-25(15-21)51-33(55)53-29-11-9-19-5-1-3-7-27(19)31(29)32-28-8-4-2-6-20(28)10-12-30(32)54-34(56)52-26-17-23(37(45,46)47)14-24(18-26)38(48,49)50/h1-18H,(H2,51,53,55)(H2,52,54,56). The summed E-state index contributed by atoms with van der Waals surface area (Å²) in [7, 11) is 0. The summed E-state index contributed by atoms with van der Waals surface area (Å²) in [5.74, 6) is 0. The number of fused-ring (bicyclic) bond motifs is 2. The Morgan fingerprint density at radius 2 is 0.714 bits per heavy atom. The van der Waals surface area contributed by atoms with E-state index in [1.54, 1.807) is 60.7 Å². The zero-order valence-corrected chi connectivity index (χ0v) is 27.7. The Labute approximate surface area is 307 Å². The summed E-state index contributed by atoms with van der Waals surface area (Å²) in [6, 6.07) is 17.8. The molecule has 0 saturated heterocycles. The van der Waals surface area contributed by atoms with E-state index in [0.29, 0.717) is 45.8 Å². The molecule has 0 saturated carbocycles. The third-order valence-electron chi connectivity index (χ3n) is 8.22. The molecule has 0 spiro atoms. The van der Waals surface area contributed by atoms with Crippen LogP contribution >= 0.6 is 0 Å². The first-order valence-electron chi connectivity index (χ1n) is 15.8. The number of hydrogen-bond acceptors (Lipinski definition) is 2. The quantitative estimate of drug-likeness (QED) is 0.0795. The predicted molar refractivity (Wildman–Crippen MR) is 186 cm³/mol. The Hall–Kier alpha value is -6.46. The van der Waals surface area contributed by atoms with Gasteiger partial charge in [-0.3, -0.25) is 0 Å². The van der Waals surface area contributed by atoms with Crippen LogP contribution in [-0.4, -0.2) is 22.3 Å². The number of alkyl halides is 12. The van der Waals surface area contributed by atoms with E-state index in [0.717, 1.165) is 0 Å². The molecule has 0 radical (unpaired) electrons. The first kappa shape index (κ1) is 39.2. The van der Waals surface area contributed by atoms with Gasteiger partial charge in [-0.2, -0.15) is 62.7 Å². The minimum Gasteiger partial charge on any atom is -0.480 e. The molecular weight excluding hydrogens is 772 g/mol. The molecule has 6 nitrogen and oxygen atoms in total. The maximum absolute atomic E-state index is 13.5. The van der Waals surface area contributed by atoms with Gasteiger partial charge in [-0.1, -0.05) is 60.7 Å². The molecule has 6 aromatic rings. The van der Waals surface area contributed by atoms with Crippen molar-refractivity contribution in [1.29, 1.82) is 0 Å². The summed E-state index contributed by atoms with van der Waals surface area (Å²) >= 11 is 0. The lowest BCUT2D eigenvalue weighted by molar-refractivity contribution is -0.144. The molecule has 18 heteroatoms. The number of nitrogens with zero attached hydrogens (tertiary/aromatic N) is 2. The second-order valence-electron chi connectivity index (χ2n) is 12.1. The van der Waals surface area contributed by atoms with E-state index < -0.39 is 70.4 Å². The van der Waals surface area contributed by atoms with Crippen LogP contribution in [0, 0.1) is 0 Å². The summed E-state index contributed by atoms with van der Waals surface area (Å²) < 4.78 is 162. The molecular formula is C38H22F12N4O2. The third-order valence-corrected chi connectivity index (χ3v) is 8.22. The van der Waals surface area contributed by atoms with Gasteiger partial charge in [-0.05, 0) is 70.1 Å². The summed E-state index contributed by atoms with van der Waals surface area (Å²) in [6.45, 7) is 0. The molecule has 0 aromatic heterocycles. The highest BCUT2D eigenvalue weighted by Gasteiger charge is 2.38. The molecule has 0 unspecified atom stereocenters. The number of amidine groups is 2. The number of hydrogen-bond donors (Lipinski definition) is 4. The Kier molecular flexibility index (Phi) is 10.0. The van der Waals surface area contributed by atoms with Gasteiger partial charge in [0.2, 0.25) is 0 Å². The van der Waals surface area contributed by atoms with Crippen LogP contribution in [-0.2, 0) is 24.7 Å². The lowest BCUT2D eigenvalue weighted by atomic mass is 9.91. The molecule has 0 bridgehead atoms. The van der Waals surface area contributed by atoms with Crippen molar-refractivity contribution in [2.75, 3.05) is 10.6 Å². The number of nitrogens with one attached hydrogen (secondary N) is 2. The van der Waals surface area contributed by atoms with Gasteiger partial charge in [0.1, 0.15) is 0 Å². The summed E-state index contributed by atoms with van der Waals surface area (Å²) in [5, 5.41) is 28.7. The van der Waals surface area contributed by atoms with Crippen molar-refractivity contribution in [2.24, 2.45) is 9.98 Å². The summed E-state index contributed by atoms with van der Waals surface area (Å²) in [4.78, 5) is 7.14. The van der Waals surface area contributed by atoms with Crippen molar-refractivity contribution in [2.45, 2.75) is 24.7 Å². The van der Waals surface area contributed by atoms with Crippen LogP contribution in [0.5, 0.6) is 0 Å². The molecule has 0 heterocycles. The average molecular weight is 795 g/mol. The van der Waals surface area contributed by atoms with E-state index in [-0.39, 0.29) is 34.6 Å². The summed E-state index contributed by atoms with van der Waals surface area (Å²) in [5.41, 5.74) is -8.22. The Bertz CT molecular complexity index is 2280. The monoisotopic (exact) mass is 794 g/mol. The third kappa shape index (κ3) is 8.58. The smallest absolute Gasteiger partial charge is 0.416 e. The van der Waals surface area contributed by atoms with Gasteiger partial charge < -0.3 is 20.8 Å². The van der Waals surface area contributed by atoms with Gasteiger partial charge in [0, 0.05) is 11.1 Å². The molecule has 0 aliphatic heterocycles. The van der Waals surface area contributed by atoms with Gasteiger partial charge in [0.05, 0.1) is 45.0 Å². The largest absolute Gasteiger partial charge is 0.480 e. The molecule has 6 rings (SSSR count). The topological polar surface area (TPSA) is 89.2 Å². The molecule has 0 amide bonds. The SMILES string of the molecule is OC(=Nc1cc(C(F)(F)F)cc(C(F)(F)F)c1)Nc1ccc2ccccc2c1-c1c(NC(O)=Nc2cc(C(F)(F)F)cc(C(F)(F)F)c2)ccc2ccccc12. The zero-order valence-electron chi connectivity index (χ0n) is 27.7. The Morgan fingerprint density at radius 1 is 0.411 bits per heavy atom. The van der Waals surface area contributed by atoms with Crippen molar-refractivity contribution in [3.8, 4) is 11.1 Å². The highest BCUT2D eigenvalue weighted by atomic mass is 19.4. The fourth-order valence-electron chi connectivity index (χ4n) is 5.84. The Morgan fingerprint density at radius 3 is 1.02 bits per heavy atom. The maximum Gasteiger partial charge on any atom is 0.416 e. The number of aliphatic hydroxyl groups is 2. The average Bonchev–Trinajstić information content (AvgIpc) is 3.10. The molecule has 6 aromatic carbocycles. The van der Waals surface area contributed by atoms with Gasteiger partial charge in [-0.15, -0.1) is 0 Å². The summed E-state index contributed by atoms with van der Waals surface area (Å²) in [6.07, 6.45) is -20.8. The van der Waals surface area contributed by atoms with E-state index in [4.69, 9.17) is 0 Å².